The molecule has 0 spiro atoms. The first-order valence-electron chi connectivity index (χ1n) is 10.6. The summed E-state index contributed by atoms with van der Waals surface area (Å²) in [6.45, 7) is 0.767. The summed E-state index contributed by atoms with van der Waals surface area (Å²) in [5.74, 6) is -1.15. The average molecular weight is 469 g/mol. The number of hydrogen-bond acceptors (Lipinski definition) is 4. The largest absolute Gasteiger partial charge is 0.394 e. The molecule has 3 aromatic rings. The van der Waals surface area contributed by atoms with E-state index in [1.807, 2.05) is 30.3 Å². The van der Waals surface area contributed by atoms with Crippen molar-refractivity contribution in [1.29, 1.82) is 0 Å². The number of likely N-dealkylation sites (N-methyl/N-ethyl adjacent to an activating group) is 1. The molecule has 0 aliphatic heterocycles. The molecule has 0 saturated carbocycles. The lowest BCUT2D eigenvalue weighted by molar-refractivity contribution is -0.138. The van der Waals surface area contributed by atoms with Gasteiger partial charge in [0.1, 0.15) is 11.7 Å². The predicted octanol–water partition coefficient (Wildman–Crippen LogP) is 2.17. The molecule has 4 N–H and O–H groups in total. The smallest absolute Gasteiger partial charge is 0.268 e. The summed E-state index contributed by atoms with van der Waals surface area (Å²) in [5, 5.41) is 16.6. The lowest BCUT2D eigenvalue weighted by Crippen LogP contribution is -2.52. The Bertz CT molecular complexity index is 1220. The highest BCUT2D eigenvalue weighted by Crippen LogP contribution is 2.36. The van der Waals surface area contributed by atoms with Crippen LogP contribution >= 0.6 is 11.6 Å². The maximum Gasteiger partial charge on any atom is 0.268 e. The third-order valence-electron chi connectivity index (χ3n) is 5.96. The van der Waals surface area contributed by atoms with Gasteiger partial charge in [0.2, 0.25) is 11.8 Å². The van der Waals surface area contributed by atoms with Crippen LogP contribution in [0.5, 0.6) is 0 Å². The van der Waals surface area contributed by atoms with Crippen LogP contribution in [-0.4, -0.2) is 58.5 Å². The van der Waals surface area contributed by atoms with E-state index in [2.05, 4.69) is 15.6 Å². The van der Waals surface area contributed by atoms with Crippen molar-refractivity contribution in [2.75, 3.05) is 13.7 Å². The van der Waals surface area contributed by atoms with E-state index < -0.39 is 36.5 Å². The Hall–Kier alpha value is -3.36. The molecule has 9 heteroatoms. The van der Waals surface area contributed by atoms with Gasteiger partial charge in [-0.25, -0.2) is 0 Å². The van der Waals surface area contributed by atoms with Crippen LogP contribution in [-0.2, 0) is 16.0 Å². The maximum atomic E-state index is 13.1. The van der Waals surface area contributed by atoms with Crippen molar-refractivity contribution in [3.63, 3.8) is 0 Å². The molecule has 0 saturated heterocycles. The number of halogens is 1. The number of amides is 3. The van der Waals surface area contributed by atoms with Crippen LogP contribution in [0.25, 0.3) is 10.9 Å². The topological polar surface area (TPSA) is 115 Å². The maximum absolute atomic E-state index is 13.1. The molecule has 0 fully saturated rings. The van der Waals surface area contributed by atoms with Crippen LogP contribution < -0.4 is 10.6 Å². The number of rotatable bonds is 6. The van der Waals surface area contributed by atoms with Gasteiger partial charge in [-0.2, -0.15) is 0 Å². The normalized spacial score (nSPS) is 17.9. The number of nitrogens with one attached hydrogen (secondary N) is 3. The molecule has 2 aromatic carbocycles. The molecule has 33 heavy (non-hydrogen) atoms. The number of carbonyl (C=O) groups excluding carboxylic acids is 3. The SMILES string of the molecule is CC(=O)N[C@@H](CO)C(=O)N(C)[C@H]1c2ccccc2C[C@H]1NC(=O)c1cc2cc(Cl)ccc2[nH]1. The van der Waals surface area contributed by atoms with Gasteiger partial charge in [0.15, 0.2) is 0 Å². The molecule has 0 unspecified atom stereocenters. The highest BCUT2D eigenvalue weighted by Gasteiger charge is 2.39. The minimum Gasteiger partial charge on any atom is -0.394 e. The summed E-state index contributed by atoms with van der Waals surface area (Å²) in [6, 6.07) is 12.9. The van der Waals surface area contributed by atoms with Gasteiger partial charge in [-0.15, -0.1) is 0 Å². The number of nitrogens with zero attached hydrogens (tertiary/aromatic N) is 1. The Morgan fingerprint density at radius 1 is 1.21 bits per heavy atom. The van der Waals surface area contributed by atoms with Gasteiger partial charge in [0.05, 0.1) is 18.7 Å². The highest BCUT2D eigenvalue weighted by atomic mass is 35.5. The van der Waals surface area contributed by atoms with E-state index in [-0.39, 0.29) is 5.91 Å². The van der Waals surface area contributed by atoms with Gasteiger partial charge in [0.25, 0.3) is 5.91 Å². The van der Waals surface area contributed by atoms with E-state index in [4.69, 9.17) is 11.6 Å². The van der Waals surface area contributed by atoms with Crippen molar-refractivity contribution in [3.05, 3.63) is 70.4 Å². The van der Waals surface area contributed by atoms with Gasteiger partial charge >= 0.3 is 0 Å². The van der Waals surface area contributed by atoms with Crippen molar-refractivity contribution < 1.29 is 19.5 Å². The van der Waals surface area contributed by atoms with E-state index in [0.717, 1.165) is 22.0 Å². The van der Waals surface area contributed by atoms with Crippen molar-refractivity contribution in [3.8, 4) is 0 Å². The lowest BCUT2D eigenvalue weighted by Gasteiger charge is -2.33. The van der Waals surface area contributed by atoms with Gasteiger partial charge in [-0.3, -0.25) is 14.4 Å². The van der Waals surface area contributed by atoms with Crippen LogP contribution in [0.15, 0.2) is 48.5 Å². The molecule has 1 heterocycles. The molecule has 1 aliphatic carbocycles. The number of aliphatic hydroxyl groups excluding tert-OH is 1. The zero-order valence-corrected chi connectivity index (χ0v) is 19.0. The summed E-state index contributed by atoms with van der Waals surface area (Å²) < 4.78 is 0. The first-order chi connectivity index (χ1) is 15.8. The average Bonchev–Trinajstić information content (AvgIpc) is 3.37. The number of H-pyrrole nitrogens is 1. The van der Waals surface area contributed by atoms with Crippen LogP contribution in [0.1, 0.15) is 34.6 Å². The Kier molecular flexibility index (Phi) is 6.40. The molecule has 1 aliphatic rings. The second-order valence-electron chi connectivity index (χ2n) is 8.23. The summed E-state index contributed by atoms with van der Waals surface area (Å²) in [5.41, 5.74) is 3.13. The number of hydrogen-bond donors (Lipinski definition) is 4. The zero-order valence-electron chi connectivity index (χ0n) is 18.3. The summed E-state index contributed by atoms with van der Waals surface area (Å²) in [4.78, 5) is 42.2. The van der Waals surface area contributed by atoms with E-state index in [1.165, 1.54) is 11.8 Å². The Morgan fingerprint density at radius 3 is 2.70 bits per heavy atom. The number of carbonyl (C=O) groups is 3. The number of benzene rings is 2. The number of fused-ring (bicyclic) bond motifs is 2. The molecule has 1 aromatic heterocycles. The Morgan fingerprint density at radius 2 is 1.97 bits per heavy atom. The third kappa shape index (κ3) is 4.58. The summed E-state index contributed by atoms with van der Waals surface area (Å²) >= 11 is 6.05. The highest BCUT2D eigenvalue weighted by molar-refractivity contribution is 6.31. The second kappa shape index (κ2) is 9.25. The first-order valence-corrected chi connectivity index (χ1v) is 11.0. The first kappa shape index (κ1) is 22.8. The van der Waals surface area contributed by atoms with Crippen molar-refractivity contribution >= 4 is 40.2 Å². The quantitative estimate of drug-likeness (QED) is 0.444. The van der Waals surface area contributed by atoms with Crippen molar-refractivity contribution in [1.82, 2.24) is 20.5 Å². The van der Waals surface area contributed by atoms with E-state index in [0.29, 0.717) is 17.1 Å². The molecule has 0 bridgehead atoms. The zero-order chi connectivity index (χ0) is 23.7. The Labute approximate surface area is 195 Å². The van der Waals surface area contributed by atoms with Crippen LogP contribution in [0, 0.1) is 0 Å². The van der Waals surface area contributed by atoms with E-state index in [9.17, 15) is 19.5 Å². The molecule has 3 atom stereocenters. The second-order valence-corrected chi connectivity index (χ2v) is 8.66. The number of aliphatic hydroxyl groups is 1. The molecule has 8 nitrogen and oxygen atoms in total. The fourth-order valence-corrected chi connectivity index (χ4v) is 4.65. The Balaban J connectivity index is 1.60. The third-order valence-corrected chi connectivity index (χ3v) is 6.20. The fourth-order valence-electron chi connectivity index (χ4n) is 4.47. The van der Waals surface area contributed by atoms with E-state index >= 15 is 0 Å². The van der Waals surface area contributed by atoms with Crippen LogP contribution in [0.4, 0.5) is 0 Å². The molecule has 172 valence electrons. The van der Waals surface area contributed by atoms with Gasteiger partial charge in [-0.05, 0) is 41.8 Å². The predicted molar refractivity (Wildman–Crippen MR) is 125 cm³/mol. The summed E-state index contributed by atoms with van der Waals surface area (Å²) in [6.07, 6.45) is 0.542. The lowest BCUT2D eigenvalue weighted by atomic mass is 10.0. The summed E-state index contributed by atoms with van der Waals surface area (Å²) in [7, 11) is 1.61. The van der Waals surface area contributed by atoms with Gasteiger partial charge in [0, 0.05) is 29.9 Å². The standard InChI is InChI=1S/C24H25ClN4O4/c1-13(31)26-21(12-30)24(33)29(2)22-17-6-4-3-5-14(17)10-19(22)28-23(32)20-11-15-9-16(25)7-8-18(15)27-20/h3-9,11,19,21-22,27,30H,10,12H2,1-2H3,(H,26,31)(H,28,32)/t19-,21+,22+/m1/s1. The van der Waals surface area contributed by atoms with E-state index in [1.54, 1.807) is 25.2 Å². The van der Waals surface area contributed by atoms with Crippen molar-refractivity contribution in [2.24, 2.45) is 0 Å². The fraction of sp³-hybridized carbons (Fsp3) is 0.292. The number of aromatic amines is 1. The monoisotopic (exact) mass is 468 g/mol. The van der Waals surface area contributed by atoms with Gasteiger partial charge in [-0.1, -0.05) is 35.9 Å². The molecular weight excluding hydrogens is 444 g/mol. The number of aromatic nitrogens is 1. The minimum absolute atomic E-state index is 0.299. The molecule has 4 rings (SSSR count). The van der Waals surface area contributed by atoms with Crippen LogP contribution in [0.3, 0.4) is 0 Å². The van der Waals surface area contributed by atoms with Gasteiger partial charge < -0.3 is 25.6 Å². The minimum atomic E-state index is -1.06. The molecule has 0 radical (unpaired) electrons. The molecular formula is C24H25ClN4O4. The van der Waals surface area contributed by atoms with Crippen LogP contribution in [0.2, 0.25) is 5.02 Å². The van der Waals surface area contributed by atoms with Crippen molar-refractivity contribution in [2.45, 2.75) is 31.5 Å². The molecule has 3 amide bonds.